The molecule has 0 spiro atoms. The zero-order chi connectivity index (χ0) is 11.5. The van der Waals surface area contributed by atoms with Gasteiger partial charge in [0.25, 0.3) is 0 Å². The lowest BCUT2D eigenvalue weighted by Crippen LogP contribution is -2.27. The predicted octanol–water partition coefficient (Wildman–Crippen LogP) is 2.34. The highest BCUT2D eigenvalue weighted by molar-refractivity contribution is 5.63. The molecular weight excluding hydrogens is 214 g/mol. The average Bonchev–Trinajstić information content (AvgIpc) is 2.90. The van der Waals surface area contributed by atoms with E-state index in [0.29, 0.717) is 0 Å². The van der Waals surface area contributed by atoms with Gasteiger partial charge in [-0.15, -0.1) is 5.17 Å². The third-order valence-corrected chi connectivity index (χ3v) is 2.46. The number of nitrogens with one attached hydrogen (secondary N) is 1. The standard InChI is InChI=1S/C13H11N3O/c1-2-4-11(5-3-1)13-10-15-16(17-13)12-6-8-14-9-7-12/h1-10,15H. The van der Waals surface area contributed by atoms with E-state index in [1.165, 1.54) is 0 Å². The molecule has 2 heterocycles. The van der Waals surface area contributed by atoms with Gasteiger partial charge >= 0.3 is 0 Å². The van der Waals surface area contributed by atoms with Gasteiger partial charge in [-0.1, -0.05) is 30.3 Å². The van der Waals surface area contributed by atoms with Crippen molar-refractivity contribution in [1.82, 2.24) is 10.4 Å². The number of hydrazine groups is 1. The summed E-state index contributed by atoms with van der Waals surface area (Å²) in [7, 11) is 0. The Kier molecular flexibility index (Phi) is 2.38. The molecule has 1 N–H and O–H groups in total. The Hall–Kier alpha value is -2.49. The van der Waals surface area contributed by atoms with Gasteiger partial charge in [-0.3, -0.25) is 10.4 Å². The Morgan fingerprint density at radius 2 is 1.76 bits per heavy atom. The Morgan fingerprint density at radius 1 is 1.00 bits per heavy atom. The molecule has 0 amide bonds. The molecule has 3 rings (SSSR count). The zero-order valence-corrected chi connectivity index (χ0v) is 9.08. The summed E-state index contributed by atoms with van der Waals surface area (Å²) in [5.74, 6) is 0.794. The minimum atomic E-state index is 0.794. The topological polar surface area (TPSA) is 37.4 Å². The summed E-state index contributed by atoms with van der Waals surface area (Å²) >= 11 is 0. The fraction of sp³-hybridized carbons (Fsp3) is 0. The highest BCUT2D eigenvalue weighted by Crippen LogP contribution is 2.23. The van der Waals surface area contributed by atoms with Gasteiger partial charge in [0.1, 0.15) is 5.69 Å². The molecule has 1 aliphatic rings. The summed E-state index contributed by atoms with van der Waals surface area (Å²) in [6, 6.07) is 13.7. The second kappa shape index (κ2) is 4.17. The molecule has 0 saturated heterocycles. The number of aromatic nitrogens is 1. The number of benzene rings is 1. The van der Waals surface area contributed by atoms with Crippen LogP contribution in [0.1, 0.15) is 5.56 Å². The number of pyridine rings is 1. The Balaban J connectivity index is 1.78. The number of nitrogens with zero attached hydrogens (tertiary/aromatic N) is 2. The highest BCUT2D eigenvalue weighted by Gasteiger charge is 2.16. The van der Waals surface area contributed by atoms with Gasteiger partial charge in [-0.05, 0) is 12.1 Å². The van der Waals surface area contributed by atoms with Crippen molar-refractivity contribution < 1.29 is 4.84 Å². The van der Waals surface area contributed by atoms with E-state index in [-0.39, 0.29) is 0 Å². The maximum Gasteiger partial charge on any atom is 0.182 e. The second-order valence-corrected chi connectivity index (χ2v) is 3.59. The summed E-state index contributed by atoms with van der Waals surface area (Å²) in [4.78, 5) is 9.66. The van der Waals surface area contributed by atoms with Crippen LogP contribution in [0.4, 0.5) is 5.69 Å². The van der Waals surface area contributed by atoms with Gasteiger partial charge in [-0.2, -0.15) is 0 Å². The largest absolute Gasteiger partial charge is 0.357 e. The molecule has 0 unspecified atom stereocenters. The first kappa shape index (κ1) is 9.72. The maximum atomic E-state index is 5.69. The molecule has 1 aliphatic heterocycles. The quantitative estimate of drug-likeness (QED) is 0.851. The predicted molar refractivity (Wildman–Crippen MR) is 65.4 cm³/mol. The van der Waals surface area contributed by atoms with Crippen molar-refractivity contribution in [2.24, 2.45) is 0 Å². The molecule has 1 aromatic heterocycles. The van der Waals surface area contributed by atoms with E-state index in [2.05, 4.69) is 10.4 Å². The van der Waals surface area contributed by atoms with Gasteiger partial charge in [0.05, 0.1) is 6.20 Å². The zero-order valence-electron chi connectivity index (χ0n) is 9.08. The molecule has 84 valence electrons. The van der Waals surface area contributed by atoms with Gasteiger partial charge in [0.15, 0.2) is 5.76 Å². The van der Waals surface area contributed by atoms with Crippen LogP contribution >= 0.6 is 0 Å². The van der Waals surface area contributed by atoms with E-state index in [1.54, 1.807) is 17.6 Å². The fourth-order valence-corrected chi connectivity index (χ4v) is 1.61. The minimum absolute atomic E-state index is 0.794. The van der Waals surface area contributed by atoms with Crippen molar-refractivity contribution in [3.8, 4) is 0 Å². The third-order valence-electron chi connectivity index (χ3n) is 2.46. The van der Waals surface area contributed by atoms with Gasteiger partial charge < -0.3 is 4.84 Å². The van der Waals surface area contributed by atoms with Crippen LogP contribution in [0.3, 0.4) is 0 Å². The minimum Gasteiger partial charge on any atom is -0.357 e. The number of hydrogen-bond donors (Lipinski definition) is 1. The van der Waals surface area contributed by atoms with Crippen molar-refractivity contribution >= 4 is 11.4 Å². The average molecular weight is 225 g/mol. The molecule has 0 atom stereocenters. The molecule has 4 heteroatoms. The number of rotatable bonds is 2. The van der Waals surface area contributed by atoms with Gasteiger partial charge in [-0.25, -0.2) is 0 Å². The number of hydrogen-bond acceptors (Lipinski definition) is 4. The first-order valence-electron chi connectivity index (χ1n) is 5.33. The molecule has 0 aliphatic carbocycles. The fourth-order valence-electron chi connectivity index (χ4n) is 1.61. The van der Waals surface area contributed by atoms with E-state index >= 15 is 0 Å². The van der Waals surface area contributed by atoms with Crippen molar-refractivity contribution in [2.45, 2.75) is 0 Å². The third kappa shape index (κ3) is 1.92. The van der Waals surface area contributed by atoms with Crippen LogP contribution in [0.5, 0.6) is 0 Å². The van der Waals surface area contributed by atoms with E-state index in [9.17, 15) is 0 Å². The van der Waals surface area contributed by atoms with Crippen LogP contribution in [-0.2, 0) is 4.84 Å². The van der Waals surface area contributed by atoms with Crippen LogP contribution < -0.4 is 10.6 Å². The molecular formula is C13H11N3O. The lowest BCUT2D eigenvalue weighted by molar-refractivity contribution is 0.243. The van der Waals surface area contributed by atoms with E-state index in [1.807, 2.05) is 48.7 Å². The summed E-state index contributed by atoms with van der Waals surface area (Å²) in [6.45, 7) is 0. The Bertz CT molecular complexity index is 525. The summed E-state index contributed by atoms with van der Waals surface area (Å²) < 4.78 is 0. The molecule has 17 heavy (non-hydrogen) atoms. The molecule has 0 saturated carbocycles. The van der Waals surface area contributed by atoms with Gasteiger partial charge in [0, 0.05) is 18.0 Å². The van der Waals surface area contributed by atoms with Crippen molar-refractivity contribution in [3.05, 3.63) is 66.6 Å². The van der Waals surface area contributed by atoms with E-state index in [0.717, 1.165) is 17.0 Å². The molecule has 0 bridgehead atoms. The SMILES string of the molecule is C1=C(c2ccccc2)ON(c2ccncc2)N1. The summed E-state index contributed by atoms with van der Waals surface area (Å²) in [5.41, 5.74) is 4.99. The molecule has 0 fully saturated rings. The summed E-state index contributed by atoms with van der Waals surface area (Å²) in [5, 5.41) is 1.60. The van der Waals surface area contributed by atoms with Crippen LogP contribution in [0.25, 0.3) is 5.76 Å². The van der Waals surface area contributed by atoms with E-state index in [4.69, 9.17) is 4.84 Å². The Morgan fingerprint density at radius 3 is 2.53 bits per heavy atom. The second-order valence-electron chi connectivity index (χ2n) is 3.59. The molecule has 2 aromatic rings. The maximum absolute atomic E-state index is 5.69. The van der Waals surface area contributed by atoms with Crippen molar-refractivity contribution in [1.29, 1.82) is 0 Å². The Labute approximate surface area is 99.1 Å². The first-order chi connectivity index (χ1) is 8.43. The monoisotopic (exact) mass is 225 g/mol. The summed E-state index contributed by atoms with van der Waals surface area (Å²) in [6.07, 6.45) is 5.28. The highest BCUT2D eigenvalue weighted by atomic mass is 16.7. The lowest BCUT2D eigenvalue weighted by Gasteiger charge is -2.17. The van der Waals surface area contributed by atoms with Crippen molar-refractivity contribution in [2.75, 3.05) is 5.17 Å². The van der Waals surface area contributed by atoms with Crippen LogP contribution in [0, 0.1) is 0 Å². The number of anilines is 1. The molecule has 1 aromatic carbocycles. The molecule has 4 nitrogen and oxygen atoms in total. The smallest absolute Gasteiger partial charge is 0.182 e. The van der Waals surface area contributed by atoms with Crippen LogP contribution in [0.2, 0.25) is 0 Å². The van der Waals surface area contributed by atoms with E-state index < -0.39 is 0 Å². The van der Waals surface area contributed by atoms with Crippen LogP contribution in [-0.4, -0.2) is 4.98 Å². The first-order valence-corrected chi connectivity index (χ1v) is 5.33. The van der Waals surface area contributed by atoms with Crippen LogP contribution in [0.15, 0.2) is 61.1 Å². The van der Waals surface area contributed by atoms with Gasteiger partial charge in [0.2, 0.25) is 0 Å². The van der Waals surface area contributed by atoms with Crippen molar-refractivity contribution in [3.63, 3.8) is 0 Å². The normalized spacial score (nSPS) is 13.9. The lowest BCUT2D eigenvalue weighted by atomic mass is 10.2. The molecule has 0 radical (unpaired) electrons.